The molecule has 0 bridgehead atoms. The standard InChI is InChI=1S/C10H14N4OS2/c1-10(2,3)8-13-6(15-14-8)5-16-7-4-12-9(11)17-7/h4H,5H2,1-3H3,(H2,11,12). The number of rotatable bonds is 3. The van der Waals surface area contributed by atoms with Gasteiger partial charge in [0.1, 0.15) is 0 Å². The summed E-state index contributed by atoms with van der Waals surface area (Å²) in [5, 5.41) is 4.55. The van der Waals surface area contributed by atoms with Gasteiger partial charge in [-0.3, -0.25) is 0 Å². The van der Waals surface area contributed by atoms with E-state index in [1.54, 1.807) is 18.0 Å². The average Bonchev–Trinajstić information content (AvgIpc) is 2.82. The molecule has 0 amide bonds. The van der Waals surface area contributed by atoms with E-state index in [1.807, 2.05) is 0 Å². The molecule has 2 N–H and O–H groups in total. The van der Waals surface area contributed by atoms with Gasteiger partial charge in [0.25, 0.3) is 0 Å². The van der Waals surface area contributed by atoms with E-state index in [0.717, 1.165) is 10.0 Å². The van der Waals surface area contributed by atoms with Crippen LogP contribution in [0.4, 0.5) is 5.13 Å². The van der Waals surface area contributed by atoms with Gasteiger partial charge in [-0.05, 0) is 0 Å². The van der Waals surface area contributed by atoms with Gasteiger partial charge in [-0.25, -0.2) is 4.98 Å². The normalized spacial score (nSPS) is 11.9. The van der Waals surface area contributed by atoms with Crippen molar-refractivity contribution in [3.8, 4) is 0 Å². The Bertz CT molecular complexity index is 500. The maximum absolute atomic E-state index is 5.55. The topological polar surface area (TPSA) is 77.8 Å². The third kappa shape index (κ3) is 3.19. The average molecular weight is 270 g/mol. The summed E-state index contributed by atoms with van der Waals surface area (Å²) >= 11 is 3.06. The van der Waals surface area contributed by atoms with Crippen molar-refractivity contribution in [2.75, 3.05) is 5.73 Å². The lowest BCUT2D eigenvalue weighted by Crippen LogP contribution is -2.13. The van der Waals surface area contributed by atoms with E-state index in [2.05, 4.69) is 35.9 Å². The first-order valence-electron chi connectivity index (χ1n) is 5.12. The monoisotopic (exact) mass is 270 g/mol. The molecule has 0 aromatic carbocycles. The van der Waals surface area contributed by atoms with E-state index in [9.17, 15) is 0 Å². The number of aromatic nitrogens is 3. The maximum Gasteiger partial charge on any atom is 0.237 e. The number of thiazole rings is 1. The molecule has 92 valence electrons. The van der Waals surface area contributed by atoms with Gasteiger partial charge in [-0.15, -0.1) is 11.8 Å². The second-order valence-corrected chi connectivity index (χ2v) is 6.91. The molecule has 0 aliphatic carbocycles. The van der Waals surface area contributed by atoms with E-state index in [4.69, 9.17) is 10.3 Å². The predicted molar refractivity (Wildman–Crippen MR) is 69.1 cm³/mol. The Kier molecular flexibility index (Phi) is 3.39. The van der Waals surface area contributed by atoms with Crippen molar-refractivity contribution in [1.29, 1.82) is 0 Å². The number of nitrogens with two attached hydrogens (primary N) is 1. The highest BCUT2D eigenvalue weighted by molar-refractivity contribution is 8.00. The van der Waals surface area contributed by atoms with E-state index in [0.29, 0.717) is 16.8 Å². The van der Waals surface area contributed by atoms with Gasteiger partial charge >= 0.3 is 0 Å². The van der Waals surface area contributed by atoms with E-state index >= 15 is 0 Å². The van der Waals surface area contributed by atoms with Gasteiger partial charge in [0, 0.05) is 5.41 Å². The molecule has 0 saturated heterocycles. The van der Waals surface area contributed by atoms with Crippen molar-refractivity contribution in [2.45, 2.75) is 36.1 Å². The zero-order chi connectivity index (χ0) is 12.5. The Morgan fingerprint density at radius 1 is 1.47 bits per heavy atom. The molecular weight excluding hydrogens is 256 g/mol. The fraction of sp³-hybridized carbons (Fsp3) is 0.500. The second-order valence-electron chi connectivity index (χ2n) is 4.57. The highest BCUT2D eigenvalue weighted by Crippen LogP contribution is 2.29. The fourth-order valence-corrected chi connectivity index (χ4v) is 2.69. The van der Waals surface area contributed by atoms with E-state index in [1.165, 1.54) is 11.3 Å². The fourth-order valence-electron chi connectivity index (χ4n) is 1.09. The van der Waals surface area contributed by atoms with Crippen LogP contribution in [0.2, 0.25) is 0 Å². The number of anilines is 1. The minimum atomic E-state index is -0.0820. The zero-order valence-electron chi connectivity index (χ0n) is 9.93. The molecule has 0 atom stereocenters. The van der Waals surface area contributed by atoms with Crippen molar-refractivity contribution in [3.63, 3.8) is 0 Å². The summed E-state index contributed by atoms with van der Waals surface area (Å²) in [6, 6.07) is 0. The van der Waals surface area contributed by atoms with Crippen molar-refractivity contribution < 1.29 is 4.52 Å². The van der Waals surface area contributed by atoms with Crippen LogP contribution in [0.25, 0.3) is 0 Å². The minimum Gasteiger partial charge on any atom is -0.375 e. The first-order valence-corrected chi connectivity index (χ1v) is 6.92. The van der Waals surface area contributed by atoms with Crippen LogP contribution >= 0.6 is 23.1 Å². The van der Waals surface area contributed by atoms with Gasteiger partial charge in [0.15, 0.2) is 11.0 Å². The SMILES string of the molecule is CC(C)(C)c1noc(CSc2cnc(N)s2)n1. The largest absolute Gasteiger partial charge is 0.375 e. The zero-order valence-corrected chi connectivity index (χ0v) is 11.6. The smallest absolute Gasteiger partial charge is 0.237 e. The number of nitrogen functional groups attached to an aromatic ring is 1. The Labute approximate surface area is 108 Å². The molecule has 17 heavy (non-hydrogen) atoms. The molecule has 2 rings (SSSR count). The van der Waals surface area contributed by atoms with Gasteiger partial charge in [0.05, 0.1) is 16.2 Å². The molecule has 0 saturated carbocycles. The van der Waals surface area contributed by atoms with Crippen molar-refractivity contribution in [2.24, 2.45) is 0 Å². The van der Waals surface area contributed by atoms with Gasteiger partial charge in [-0.2, -0.15) is 4.98 Å². The lowest BCUT2D eigenvalue weighted by atomic mass is 9.96. The molecule has 2 aromatic rings. The lowest BCUT2D eigenvalue weighted by molar-refractivity contribution is 0.373. The number of thioether (sulfide) groups is 1. The maximum atomic E-state index is 5.55. The molecule has 7 heteroatoms. The second kappa shape index (κ2) is 4.66. The summed E-state index contributed by atoms with van der Waals surface area (Å²) in [5.74, 6) is 2.01. The first-order chi connectivity index (χ1) is 7.95. The highest BCUT2D eigenvalue weighted by Gasteiger charge is 2.20. The number of nitrogens with zero attached hydrogens (tertiary/aromatic N) is 3. The third-order valence-electron chi connectivity index (χ3n) is 1.98. The van der Waals surface area contributed by atoms with Crippen LogP contribution in [0.15, 0.2) is 14.9 Å². The summed E-state index contributed by atoms with van der Waals surface area (Å²) in [6.45, 7) is 6.16. The molecule has 0 radical (unpaired) electrons. The van der Waals surface area contributed by atoms with E-state index < -0.39 is 0 Å². The van der Waals surface area contributed by atoms with Crippen LogP contribution in [-0.4, -0.2) is 15.1 Å². The van der Waals surface area contributed by atoms with Crippen LogP contribution in [0.3, 0.4) is 0 Å². The van der Waals surface area contributed by atoms with E-state index in [-0.39, 0.29) is 5.41 Å². The van der Waals surface area contributed by atoms with Crippen LogP contribution in [-0.2, 0) is 11.2 Å². The molecule has 0 aliphatic rings. The molecule has 2 heterocycles. The Balaban J connectivity index is 1.98. The van der Waals surface area contributed by atoms with Crippen molar-refractivity contribution >= 4 is 28.2 Å². The van der Waals surface area contributed by atoms with Gasteiger partial charge in [-0.1, -0.05) is 37.3 Å². The molecule has 0 aliphatic heterocycles. The lowest BCUT2D eigenvalue weighted by Gasteiger charge is -2.10. The van der Waals surface area contributed by atoms with Crippen molar-refractivity contribution in [1.82, 2.24) is 15.1 Å². The van der Waals surface area contributed by atoms with Crippen molar-refractivity contribution in [3.05, 3.63) is 17.9 Å². The van der Waals surface area contributed by atoms with Crippen LogP contribution < -0.4 is 5.73 Å². The number of hydrogen-bond donors (Lipinski definition) is 1. The summed E-state index contributed by atoms with van der Waals surface area (Å²) in [5.41, 5.74) is 5.47. The Hall–Kier alpha value is -1.08. The van der Waals surface area contributed by atoms with Crippen LogP contribution in [0, 0.1) is 0 Å². The first kappa shape index (κ1) is 12.4. The molecule has 5 nitrogen and oxygen atoms in total. The molecule has 0 spiro atoms. The Morgan fingerprint density at radius 3 is 2.76 bits per heavy atom. The molecule has 0 unspecified atom stereocenters. The minimum absolute atomic E-state index is 0.0820. The summed E-state index contributed by atoms with van der Waals surface area (Å²) in [7, 11) is 0. The molecule has 2 aromatic heterocycles. The predicted octanol–water partition coefficient (Wildman–Crippen LogP) is 2.70. The van der Waals surface area contributed by atoms with Crippen LogP contribution in [0.5, 0.6) is 0 Å². The van der Waals surface area contributed by atoms with Gasteiger partial charge < -0.3 is 10.3 Å². The molecular formula is C10H14N4OS2. The third-order valence-corrected chi connectivity index (χ3v) is 3.99. The molecule has 0 fully saturated rings. The summed E-state index contributed by atoms with van der Waals surface area (Å²) in [4.78, 5) is 8.34. The summed E-state index contributed by atoms with van der Waals surface area (Å²) in [6.07, 6.45) is 1.76. The van der Waals surface area contributed by atoms with Gasteiger partial charge in [0.2, 0.25) is 5.89 Å². The van der Waals surface area contributed by atoms with Crippen LogP contribution in [0.1, 0.15) is 32.5 Å². The summed E-state index contributed by atoms with van der Waals surface area (Å²) < 4.78 is 6.24. The highest BCUT2D eigenvalue weighted by atomic mass is 32.2. The quantitative estimate of drug-likeness (QED) is 0.864. The number of hydrogen-bond acceptors (Lipinski definition) is 7. The Morgan fingerprint density at radius 2 is 2.24 bits per heavy atom.